The third-order valence-corrected chi connectivity index (χ3v) is 4.59. The Morgan fingerprint density at radius 2 is 1.65 bits per heavy atom. The lowest BCUT2D eigenvalue weighted by atomic mass is 9.88. The lowest BCUT2D eigenvalue weighted by Crippen LogP contribution is -2.26. The van der Waals surface area contributed by atoms with E-state index in [1.165, 1.54) is 5.56 Å². The average Bonchev–Trinajstić information content (AvgIpc) is 3.00. The van der Waals surface area contributed by atoms with Gasteiger partial charge in [-0.15, -0.1) is 0 Å². The van der Waals surface area contributed by atoms with Crippen molar-refractivity contribution in [1.82, 2.24) is 0 Å². The molecule has 0 unspecified atom stereocenters. The van der Waals surface area contributed by atoms with Gasteiger partial charge in [-0.05, 0) is 24.1 Å². The third-order valence-electron chi connectivity index (χ3n) is 4.59. The summed E-state index contributed by atoms with van der Waals surface area (Å²) >= 11 is 0. The van der Waals surface area contributed by atoms with Crippen LogP contribution >= 0.6 is 0 Å². The van der Waals surface area contributed by atoms with Gasteiger partial charge in [-0.25, -0.2) is 5.06 Å². The van der Waals surface area contributed by atoms with Crippen LogP contribution in [0.2, 0.25) is 0 Å². The minimum absolute atomic E-state index is 0.0467. The van der Waals surface area contributed by atoms with E-state index in [1.807, 2.05) is 41.5 Å². The van der Waals surface area contributed by atoms with Crippen LogP contribution in [0, 0.1) is 5.92 Å². The third kappa shape index (κ3) is 3.41. The van der Waals surface area contributed by atoms with E-state index < -0.39 is 0 Å². The van der Waals surface area contributed by atoms with E-state index in [4.69, 9.17) is 4.84 Å². The van der Waals surface area contributed by atoms with E-state index in [9.17, 15) is 5.11 Å². The summed E-state index contributed by atoms with van der Waals surface area (Å²) < 4.78 is 0. The molecule has 0 aromatic heterocycles. The molecule has 1 N–H and O–H groups in total. The molecule has 2 aromatic carbocycles. The van der Waals surface area contributed by atoms with Crippen molar-refractivity contribution < 1.29 is 9.94 Å². The summed E-state index contributed by atoms with van der Waals surface area (Å²) in [5.74, 6) is 0.0872. The maximum atomic E-state index is 10.0. The summed E-state index contributed by atoms with van der Waals surface area (Å²) in [5, 5.41) is 12.0. The predicted octanol–water partition coefficient (Wildman–Crippen LogP) is 4.35. The lowest BCUT2D eigenvalue weighted by Gasteiger charge is -2.27. The SMILES string of the molecule is CCCC[C@H]1ON(c2ccccc2)[C@@H](c2ccccc2)[C@@H]1CO. The van der Waals surface area contributed by atoms with Gasteiger partial charge in [-0.2, -0.15) is 0 Å². The molecule has 0 aliphatic carbocycles. The first-order valence-electron chi connectivity index (χ1n) is 8.52. The van der Waals surface area contributed by atoms with Crippen molar-refractivity contribution in [2.75, 3.05) is 11.7 Å². The van der Waals surface area contributed by atoms with E-state index in [0.717, 1.165) is 24.9 Å². The lowest BCUT2D eigenvalue weighted by molar-refractivity contribution is 0.0488. The second-order valence-electron chi connectivity index (χ2n) is 6.15. The van der Waals surface area contributed by atoms with E-state index in [-0.39, 0.29) is 24.7 Å². The van der Waals surface area contributed by atoms with Gasteiger partial charge in [0.15, 0.2) is 0 Å². The molecule has 0 radical (unpaired) electrons. The van der Waals surface area contributed by atoms with Gasteiger partial charge in [0.25, 0.3) is 0 Å². The Morgan fingerprint density at radius 3 is 2.26 bits per heavy atom. The number of para-hydroxylation sites is 1. The molecular weight excluding hydrogens is 286 g/mol. The number of aliphatic hydroxyl groups is 1. The van der Waals surface area contributed by atoms with Crippen LogP contribution in [-0.4, -0.2) is 17.8 Å². The zero-order valence-corrected chi connectivity index (χ0v) is 13.6. The predicted molar refractivity (Wildman–Crippen MR) is 93.1 cm³/mol. The summed E-state index contributed by atoms with van der Waals surface area (Å²) in [5.41, 5.74) is 2.23. The highest BCUT2D eigenvalue weighted by Gasteiger charge is 2.43. The average molecular weight is 311 g/mol. The Labute approximate surface area is 138 Å². The van der Waals surface area contributed by atoms with Gasteiger partial charge in [0.05, 0.1) is 24.4 Å². The molecule has 122 valence electrons. The largest absolute Gasteiger partial charge is 0.396 e. The highest BCUT2D eigenvalue weighted by molar-refractivity contribution is 5.47. The Balaban J connectivity index is 1.95. The zero-order chi connectivity index (χ0) is 16.1. The van der Waals surface area contributed by atoms with Crippen molar-refractivity contribution in [2.45, 2.75) is 38.3 Å². The van der Waals surface area contributed by atoms with Crippen LogP contribution in [0.1, 0.15) is 37.8 Å². The highest BCUT2D eigenvalue weighted by atomic mass is 16.7. The fourth-order valence-corrected chi connectivity index (χ4v) is 3.39. The Bertz CT molecular complexity index is 587. The molecule has 3 atom stereocenters. The molecule has 0 spiro atoms. The smallest absolute Gasteiger partial charge is 0.0930 e. The van der Waals surface area contributed by atoms with Crippen molar-refractivity contribution >= 4 is 5.69 Å². The molecule has 1 heterocycles. The number of nitrogens with zero attached hydrogens (tertiary/aromatic N) is 1. The number of benzene rings is 2. The van der Waals surface area contributed by atoms with E-state index >= 15 is 0 Å². The van der Waals surface area contributed by atoms with Crippen LogP contribution in [0.25, 0.3) is 0 Å². The first-order chi connectivity index (χ1) is 11.3. The summed E-state index contributed by atoms with van der Waals surface area (Å²) in [4.78, 5) is 6.29. The second-order valence-corrected chi connectivity index (χ2v) is 6.15. The van der Waals surface area contributed by atoms with Gasteiger partial charge in [0, 0.05) is 5.92 Å². The monoisotopic (exact) mass is 311 g/mol. The minimum atomic E-state index is 0.0467. The number of aliphatic hydroxyl groups excluding tert-OH is 1. The quantitative estimate of drug-likeness (QED) is 0.861. The van der Waals surface area contributed by atoms with Crippen LogP contribution in [0.15, 0.2) is 60.7 Å². The molecule has 3 rings (SSSR count). The van der Waals surface area contributed by atoms with Gasteiger partial charge < -0.3 is 5.11 Å². The summed E-state index contributed by atoms with van der Waals surface area (Å²) in [6.45, 7) is 2.32. The van der Waals surface area contributed by atoms with Gasteiger partial charge in [-0.1, -0.05) is 68.3 Å². The van der Waals surface area contributed by atoms with Crippen LogP contribution in [0.3, 0.4) is 0 Å². The molecule has 0 amide bonds. The van der Waals surface area contributed by atoms with Gasteiger partial charge in [0.1, 0.15) is 0 Å². The Hall–Kier alpha value is -1.84. The molecule has 1 aliphatic rings. The van der Waals surface area contributed by atoms with Crippen molar-refractivity contribution in [2.24, 2.45) is 5.92 Å². The standard InChI is InChI=1S/C20H25NO2/c1-2-3-14-19-18(15-22)20(16-10-6-4-7-11-16)21(23-19)17-12-8-5-9-13-17/h4-13,18-20,22H,2-3,14-15H2,1H3/t18-,19-,20+/m1/s1. The number of unbranched alkanes of at least 4 members (excludes halogenated alkanes) is 1. The Kier molecular flexibility index (Phi) is 5.31. The van der Waals surface area contributed by atoms with Crippen molar-refractivity contribution in [3.05, 3.63) is 66.2 Å². The summed E-state index contributed by atoms with van der Waals surface area (Å²) in [6.07, 6.45) is 3.30. The van der Waals surface area contributed by atoms with Gasteiger partial charge >= 0.3 is 0 Å². The molecule has 0 saturated carbocycles. The molecule has 1 aliphatic heterocycles. The normalized spacial score (nSPS) is 24.1. The molecular formula is C20H25NO2. The first kappa shape index (κ1) is 16.0. The molecule has 3 heteroatoms. The fraction of sp³-hybridized carbons (Fsp3) is 0.400. The molecule has 1 fully saturated rings. The van der Waals surface area contributed by atoms with E-state index in [0.29, 0.717) is 0 Å². The maximum Gasteiger partial charge on any atom is 0.0930 e. The van der Waals surface area contributed by atoms with Crippen LogP contribution < -0.4 is 5.06 Å². The summed E-state index contributed by atoms with van der Waals surface area (Å²) in [7, 11) is 0. The van der Waals surface area contributed by atoms with E-state index in [2.05, 4.69) is 31.2 Å². The topological polar surface area (TPSA) is 32.7 Å². The Morgan fingerprint density at radius 1 is 1.00 bits per heavy atom. The minimum Gasteiger partial charge on any atom is -0.396 e. The number of hydrogen-bond acceptors (Lipinski definition) is 3. The van der Waals surface area contributed by atoms with Crippen molar-refractivity contribution in [3.8, 4) is 0 Å². The molecule has 0 bridgehead atoms. The number of anilines is 1. The highest BCUT2D eigenvalue weighted by Crippen LogP contribution is 2.43. The van der Waals surface area contributed by atoms with Gasteiger partial charge in [0.2, 0.25) is 0 Å². The second kappa shape index (κ2) is 7.62. The zero-order valence-electron chi connectivity index (χ0n) is 13.6. The molecule has 23 heavy (non-hydrogen) atoms. The van der Waals surface area contributed by atoms with Crippen LogP contribution in [0.4, 0.5) is 5.69 Å². The fourth-order valence-electron chi connectivity index (χ4n) is 3.39. The molecule has 1 saturated heterocycles. The maximum absolute atomic E-state index is 10.0. The van der Waals surface area contributed by atoms with Gasteiger partial charge in [-0.3, -0.25) is 4.84 Å². The van der Waals surface area contributed by atoms with Crippen LogP contribution in [-0.2, 0) is 4.84 Å². The van der Waals surface area contributed by atoms with Crippen molar-refractivity contribution in [3.63, 3.8) is 0 Å². The van der Waals surface area contributed by atoms with E-state index in [1.54, 1.807) is 0 Å². The number of rotatable bonds is 6. The molecule has 3 nitrogen and oxygen atoms in total. The number of hydroxylamine groups is 1. The van der Waals surface area contributed by atoms with Crippen LogP contribution in [0.5, 0.6) is 0 Å². The molecule has 2 aromatic rings. The van der Waals surface area contributed by atoms with Crippen molar-refractivity contribution in [1.29, 1.82) is 0 Å². The number of hydrogen-bond donors (Lipinski definition) is 1. The summed E-state index contributed by atoms with van der Waals surface area (Å²) in [6, 6.07) is 20.6. The first-order valence-corrected chi connectivity index (χ1v) is 8.52.